The van der Waals surface area contributed by atoms with E-state index in [1.165, 1.54) is 18.2 Å². The molecule has 0 radical (unpaired) electrons. The Morgan fingerprint density at radius 1 is 1.37 bits per heavy atom. The fraction of sp³-hybridized carbons (Fsp3) is 0.273. The Morgan fingerprint density at radius 3 is 2.32 bits per heavy atom. The lowest BCUT2D eigenvalue weighted by Crippen LogP contribution is -2.33. The van der Waals surface area contributed by atoms with Crippen LogP contribution in [0.25, 0.3) is 0 Å². The molecule has 1 aromatic rings. The number of benzene rings is 1. The van der Waals surface area contributed by atoms with Crippen molar-refractivity contribution in [2.75, 3.05) is 25.4 Å². The molecule has 0 bridgehead atoms. The molecule has 0 aliphatic rings. The molecule has 0 spiro atoms. The van der Waals surface area contributed by atoms with E-state index in [1.807, 2.05) is 0 Å². The Hall–Kier alpha value is -0.790. The molecule has 0 heterocycles. The van der Waals surface area contributed by atoms with Crippen molar-refractivity contribution >= 4 is 38.9 Å². The maximum Gasteiger partial charge on any atom is 0.243 e. The zero-order valence-electron chi connectivity index (χ0n) is 10.0. The lowest BCUT2D eigenvalue weighted by Gasteiger charge is -2.20. The van der Waals surface area contributed by atoms with Crippen LogP contribution in [0, 0.1) is 0 Å². The Morgan fingerprint density at radius 2 is 1.89 bits per heavy atom. The zero-order valence-corrected chi connectivity index (χ0v) is 12.3. The number of hydrogen-bond acceptors (Lipinski definition) is 4. The second-order valence-corrected chi connectivity index (χ2v) is 6.43. The van der Waals surface area contributed by atoms with Gasteiger partial charge < -0.3 is 10.8 Å². The molecule has 3 N–H and O–H groups in total. The highest BCUT2D eigenvalue weighted by molar-refractivity contribution is 7.89. The van der Waals surface area contributed by atoms with Gasteiger partial charge in [-0.15, -0.1) is 6.58 Å². The van der Waals surface area contributed by atoms with Gasteiger partial charge in [0.05, 0.1) is 27.2 Å². The lowest BCUT2D eigenvalue weighted by molar-refractivity contribution is 0.260. The van der Waals surface area contributed by atoms with Gasteiger partial charge in [0.15, 0.2) is 0 Å². The van der Waals surface area contributed by atoms with Crippen LogP contribution in [-0.2, 0) is 10.0 Å². The van der Waals surface area contributed by atoms with Crippen LogP contribution in [0.3, 0.4) is 0 Å². The number of aliphatic hydroxyl groups excluding tert-OH is 1. The average Bonchev–Trinajstić information content (AvgIpc) is 2.35. The van der Waals surface area contributed by atoms with Gasteiger partial charge in [-0.3, -0.25) is 0 Å². The average molecular weight is 325 g/mol. The van der Waals surface area contributed by atoms with E-state index in [0.717, 1.165) is 4.31 Å². The summed E-state index contributed by atoms with van der Waals surface area (Å²) in [5.74, 6) is 0. The summed E-state index contributed by atoms with van der Waals surface area (Å²) >= 11 is 11.6. The normalized spacial score (nSPS) is 11.8. The standard InChI is InChI=1S/C11H14Cl2N2O3S/c1-2-3-15(4-5-16)19(17,18)8-6-9(12)11(14)10(13)7-8/h2,6-7,16H,1,3-5,14H2. The Labute approximate surface area is 122 Å². The van der Waals surface area contributed by atoms with Crippen LogP contribution in [0.4, 0.5) is 5.69 Å². The first-order chi connectivity index (χ1) is 8.84. The molecule has 0 saturated carbocycles. The fourth-order valence-corrected chi connectivity index (χ4v) is 3.50. The Bertz CT molecular complexity index is 552. The molecule has 19 heavy (non-hydrogen) atoms. The van der Waals surface area contributed by atoms with E-state index in [2.05, 4.69) is 6.58 Å². The smallest absolute Gasteiger partial charge is 0.243 e. The van der Waals surface area contributed by atoms with Crippen LogP contribution in [0.15, 0.2) is 29.7 Å². The summed E-state index contributed by atoms with van der Waals surface area (Å²) in [6, 6.07) is 2.46. The second kappa shape index (κ2) is 6.58. The lowest BCUT2D eigenvalue weighted by atomic mass is 10.3. The molecule has 0 aliphatic heterocycles. The third-order valence-corrected chi connectivity index (χ3v) is 4.84. The van der Waals surface area contributed by atoms with E-state index in [1.54, 1.807) is 0 Å². The second-order valence-electron chi connectivity index (χ2n) is 3.68. The number of rotatable bonds is 6. The number of sulfonamides is 1. The van der Waals surface area contributed by atoms with Gasteiger partial charge in [-0.2, -0.15) is 4.31 Å². The van der Waals surface area contributed by atoms with Gasteiger partial charge in [-0.25, -0.2) is 8.42 Å². The molecule has 0 unspecified atom stereocenters. The highest BCUT2D eigenvalue weighted by Crippen LogP contribution is 2.31. The topological polar surface area (TPSA) is 83.6 Å². The molecule has 0 saturated heterocycles. The number of aliphatic hydroxyl groups is 1. The first-order valence-corrected chi connectivity index (χ1v) is 7.50. The molecular weight excluding hydrogens is 311 g/mol. The predicted molar refractivity (Wildman–Crippen MR) is 76.9 cm³/mol. The van der Waals surface area contributed by atoms with Crippen molar-refractivity contribution in [3.63, 3.8) is 0 Å². The number of halogens is 2. The van der Waals surface area contributed by atoms with Gasteiger partial charge >= 0.3 is 0 Å². The summed E-state index contributed by atoms with van der Waals surface area (Å²) in [6.45, 7) is 3.20. The van der Waals surface area contributed by atoms with Crippen molar-refractivity contribution in [1.82, 2.24) is 4.31 Å². The summed E-state index contributed by atoms with van der Waals surface area (Å²) in [6.07, 6.45) is 1.42. The van der Waals surface area contributed by atoms with Gasteiger partial charge in [0.2, 0.25) is 10.0 Å². The summed E-state index contributed by atoms with van der Waals surface area (Å²) in [5.41, 5.74) is 5.68. The number of nitrogen functional groups attached to an aromatic ring is 1. The Balaban J connectivity index is 3.28. The van der Waals surface area contributed by atoms with E-state index in [-0.39, 0.29) is 40.3 Å². The molecule has 0 aromatic heterocycles. The molecule has 1 aromatic carbocycles. The van der Waals surface area contributed by atoms with Crippen molar-refractivity contribution < 1.29 is 13.5 Å². The third-order valence-electron chi connectivity index (χ3n) is 2.37. The van der Waals surface area contributed by atoms with Crippen molar-refractivity contribution in [3.05, 3.63) is 34.8 Å². The zero-order chi connectivity index (χ0) is 14.6. The van der Waals surface area contributed by atoms with Crippen LogP contribution >= 0.6 is 23.2 Å². The fourth-order valence-electron chi connectivity index (χ4n) is 1.42. The van der Waals surface area contributed by atoms with Gasteiger partial charge in [0.25, 0.3) is 0 Å². The van der Waals surface area contributed by atoms with E-state index in [9.17, 15) is 8.42 Å². The van der Waals surface area contributed by atoms with E-state index in [0.29, 0.717) is 0 Å². The highest BCUT2D eigenvalue weighted by atomic mass is 35.5. The highest BCUT2D eigenvalue weighted by Gasteiger charge is 2.24. The van der Waals surface area contributed by atoms with Gasteiger partial charge in [0.1, 0.15) is 0 Å². The number of nitrogens with two attached hydrogens (primary N) is 1. The van der Waals surface area contributed by atoms with E-state index in [4.69, 9.17) is 34.0 Å². The predicted octanol–water partition coefficient (Wildman–Crippen LogP) is 1.74. The number of anilines is 1. The van der Waals surface area contributed by atoms with Crippen LogP contribution < -0.4 is 5.73 Å². The van der Waals surface area contributed by atoms with Gasteiger partial charge in [-0.1, -0.05) is 29.3 Å². The quantitative estimate of drug-likeness (QED) is 0.616. The van der Waals surface area contributed by atoms with Crippen LogP contribution in [0.1, 0.15) is 0 Å². The molecule has 106 valence electrons. The molecule has 0 fully saturated rings. The molecule has 0 atom stereocenters. The summed E-state index contributed by atoms with van der Waals surface area (Å²) in [4.78, 5) is -0.0769. The van der Waals surface area contributed by atoms with Crippen molar-refractivity contribution in [2.24, 2.45) is 0 Å². The summed E-state index contributed by atoms with van der Waals surface area (Å²) in [5, 5.41) is 9.04. The first kappa shape index (κ1) is 16.3. The minimum Gasteiger partial charge on any atom is -0.396 e. The molecule has 8 heteroatoms. The van der Waals surface area contributed by atoms with Crippen molar-refractivity contribution in [3.8, 4) is 0 Å². The molecular formula is C11H14Cl2N2O3S. The largest absolute Gasteiger partial charge is 0.396 e. The third kappa shape index (κ3) is 3.61. The minimum absolute atomic E-state index is 0.0477. The van der Waals surface area contributed by atoms with Crippen molar-refractivity contribution in [1.29, 1.82) is 0 Å². The summed E-state index contributed by atoms with van der Waals surface area (Å²) < 4.78 is 25.7. The monoisotopic (exact) mass is 324 g/mol. The first-order valence-electron chi connectivity index (χ1n) is 5.31. The SMILES string of the molecule is C=CCN(CCO)S(=O)(=O)c1cc(Cl)c(N)c(Cl)c1. The van der Waals surface area contributed by atoms with Crippen LogP contribution in [-0.4, -0.2) is 37.5 Å². The molecule has 0 aliphatic carbocycles. The molecule has 1 rings (SSSR count). The van der Waals surface area contributed by atoms with Crippen LogP contribution in [0.5, 0.6) is 0 Å². The van der Waals surface area contributed by atoms with Crippen LogP contribution in [0.2, 0.25) is 10.0 Å². The molecule has 5 nitrogen and oxygen atoms in total. The maximum atomic E-state index is 12.3. The van der Waals surface area contributed by atoms with E-state index < -0.39 is 10.0 Å². The van der Waals surface area contributed by atoms with Gasteiger partial charge in [0, 0.05) is 13.1 Å². The number of nitrogens with zero attached hydrogens (tertiary/aromatic N) is 1. The Kier molecular flexibility index (Phi) is 5.64. The molecule has 0 amide bonds. The maximum absolute atomic E-state index is 12.3. The van der Waals surface area contributed by atoms with Gasteiger partial charge in [-0.05, 0) is 12.1 Å². The van der Waals surface area contributed by atoms with Crippen molar-refractivity contribution in [2.45, 2.75) is 4.90 Å². The number of hydrogen-bond donors (Lipinski definition) is 2. The van der Waals surface area contributed by atoms with E-state index >= 15 is 0 Å². The minimum atomic E-state index is -3.81. The summed E-state index contributed by atoms with van der Waals surface area (Å²) in [7, 11) is -3.81.